The molecule has 0 aliphatic heterocycles. The molecule has 0 aromatic heterocycles. The van der Waals surface area contributed by atoms with Crippen molar-refractivity contribution >= 4 is 0 Å². The van der Waals surface area contributed by atoms with Gasteiger partial charge in [-0.05, 0) is 39.0 Å². The maximum Gasteiger partial charge on any atom is 0.0920 e. The van der Waals surface area contributed by atoms with Crippen molar-refractivity contribution in [2.75, 3.05) is 19.8 Å². The molecule has 1 aliphatic rings. The highest BCUT2D eigenvalue weighted by atomic mass is 16.5. The van der Waals surface area contributed by atoms with Crippen LogP contribution in [0.25, 0.3) is 0 Å². The molecule has 1 fully saturated rings. The third kappa shape index (κ3) is 2.58. The van der Waals surface area contributed by atoms with E-state index in [-0.39, 0.29) is 5.41 Å². The summed E-state index contributed by atoms with van der Waals surface area (Å²) in [4.78, 5) is 0. The van der Waals surface area contributed by atoms with E-state index >= 15 is 0 Å². The van der Waals surface area contributed by atoms with Crippen molar-refractivity contribution in [3.8, 4) is 0 Å². The molecule has 3 nitrogen and oxygen atoms in total. The van der Waals surface area contributed by atoms with Crippen LogP contribution in [0.1, 0.15) is 46.5 Å². The van der Waals surface area contributed by atoms with Crippen LogP contribution in [0.5, 0.6) is 0 Å². The van der Waals surface area contributed by atoms with Gasteiger partial charge in [-0.3, -0.25) is 0 Å². The highest BCUT2D eigenvalue weighted by Gasteiger charge is 2.50. The van der Waals surface area contributed by atoms with Gasteiger partial charge in [0.25, 0.3) is 0 Å². The summed E-state index contributed by atoms with van der Waals surface area (Å²) in [5.74, 6) is 0.719. The van der Waals surface area contributed by atoms with Crippen molar-refractivity contribution in [3.05, 3.63) is 0 Å². The zero-order valence-electron chi connectivity index (χ0n) is 11.0. The zero-order chi connectivity index (χ0) is 12.2. The summed E-state index contributed by atoms with van der Waals surface area (Å²) in [6.45, 7) is 7.66. The molecule has 16 heavy (non-hydrogen) atoms. The van der Waals surface area contributed by atoms with Crippen molar-refractivity contribution in [1.29, 1.82) is 0 Å². The van der Waals surface area contributed by atoms with Crippen molar-refractivity contribution < 1.29 is 9.84 Å². The molecule has 0 aromatic carbocycles. The van der Waals surface area contributed by atoms with Gasteiger partial charge in [0, 0.05) is 18.6 Å². The first-order chi connectivity index (χ1) is 7.51. The Labute approximate surface area is 99.4 Å². The van der Waals surface area contributed by atoms with E-state index in [4.69, 9.17) is 10.5 Å². The van der Waals surface area contributed by atoms with Crippen LogP contribution in [0, 0.1) is 11.3 Å². The predicted molar refractivity (Wildman–Crippen MR) is 66.2 cm³/mol. The summed E-state index contributed by atoms with van der Waals surface area (Å²) in [5, 5.41) is 10.6. The number of hydrogen-bond acceptors (Lipinski definition) is 3. The lowest BCUT2D eigenvalue weighted by Crippen LogP contribution is -2.52. The third-order valence-corrected chi connectivity index (χ3v) is 4.41. The lowest BCUT2D eigenvalue weighted by molar-refractivity contribution is -0.115. The molecule has 1 saturated carbocycles. The van der Waals surface area contributed by atoms with Gasteiger partial charge in [-0.1, -0.05) is 13.3 Å². The van der Waals surface area contributed by atoms with Crippen LogP contribution in [-0.2, 0) is 4.74 Å². The minimum Gasteiger partial charge on any atom is -0.387 e. The largest absolute Gasteiger partial charge is 0.387 e. The average molecular weight is 229 g/mol. The van der Waals surface area contributed by atoms with Gasteiger partial charge in [-0.25, -0.2) is 0 Å². The van der Waals surface area contributed by atoms with Crippen LogP contribution in [0.4, 0.5) is 0 Å². The first-order valence-electron chi connectivity index (χ1n) is 6.51. The number of aliphatic hydroxyl groups is 1. The fourth-order valence-corrected chi connectivity index (χ4v) is 2.93. The highest BCUT2D eigenvalue weighted by Crippen LogP contribution is 2.49. The van der Waals surface area contributed by atoms with Crippen molar-refractivity contribution in [2.45, 2.75) is 52.1 Å². The fourth-order valence-electron chi connectivity index (χ4n) is 2.93. The fraction of sp³-hybridized carbons (Fsp3) is 1.00. The van der Waals surface area contributed by atoms with Gasteiger partial charge < -0.3 is 15.6 Å². The maximum absolute atomic E-state index is 10.6. The minimum atomic E-state index is -0.790. The molecule has 0 bridgehead atoms. The molecule has 0 radical (unpaired) electrons. The summed E-state index contributed by atoms with van der Waals surface area (Å²) >= 11 is 0. The Morgan fingerprint density at radius 3 is 2.62 bits per heavy atom. The smallest absolute Gasteiger partial charge is 0.0920 e. The number of rotatable bonds is 6. The molecule has 3 heteroatoms. The number of hydrogen-bond donors (Lipinski definition) is 2. The van der Waals surface area contributed by atoms with Gasteiger partial charge in [0.1, 0.15) is 0 Å². The first-order valence-corrected chi connectivity index (χ1v) is 6.51. The average Bonchev–Trinajstić information content (AvgIpc) is 2.71. The minimum absolute atomic E-state index is 0.136. The first kappa shape index (κ1) is 13.9. The van der Waals surface area contributed by atoms with Crippen LogP contribution in [-0.4, -0.2) is 30.5 Å². The molecule has 1 aliphatic carbocycles. The summed E-state index contributed by atoms with van der Waals surface area (Å²) in [7, 11) is 0. The Bertz CT molecular complexity index is 218. The monoisotopic (exact) mass is 229 g/mol. The second-order valence-electron chi connectivity index (χ2n) is 5.41. The second kappa shape index (κ2) is 5.48. The van der Waals surface area contributed by atoms with Crippen LogP contribution < -0.4 is 5.73 Å². The van der Waals surface area contributed by atoms with Crippen LogP contribution in [0.15, 0.2) is 0 Å². The van der Waals surface area contributed by atoms with Crippen molar-refractivity contribution in [3.63, 3.8) is 0 Å². The van der Waals surface area contributed by atoms with Crippen LogP contribution in [0.3, 0.4) is 0 Å². The summed E-state index contributed by atoms with van der Waals surface area (Å²) < 4.78 is 5.40. The molecule has 3 unspecified atom stereocenters. The molecule has 96 valence electrons. The van der Waals surface area contributed by atoms with Gasteiger partial charge in [0.2, 0.25) is 0 Å². The summed E-state index contributed by atoms with van der Waals surface area (Å²) in [6.07, 6.45) is 4.45. The molecular formula is C13H27NO2. The Balaban J connectivity index is 2.72. The summed E-state index contributed by atoms with van der Waals surface area (Å²) in [5.41, 5.74) is 5.00. The zero-order valence-corrected chi connectivity index (χ0v) is 11.0. The van der Waals surface area contributed by atoms with Crippen LogP contribution in [0.2, 0.25) is 0 Å². The number of ether oxygens (including phenoxy) is 1. The molecule has 3 N–H and O–H groups in total. The van der Waals surface area contributed by atoms with Crippen molar-refractivity contribution in [1.82, 2.24) is 0 Å². The normalized spacial score (nSPS) is 33.9. The Kier molecular flexibility index (Phi) is 4.77. The van der Waals surface area contributed by atoms with Gasteiger partial charge in [-0.2, -0.15) is 0 Å². The molecule has 0 aromatic rings. The summed E-state index contributed by atoms with van der Waals surface area (Å²) in [6, 6.07) is 0. The topological polar surface area (TPSA) is 55.5 Å². The molecular weight excluding hydrogens is 202 g/mol. The highest BCUT2D eigenvalue weighted by molar-refractivity contribution is 5.01. The quantitative estimate of drug-likeness (QED) is 0.731. The molecule has 0 spiro atoms. The second-order valence-corrected chi connectivity index (χ2v) is 5.41. The molecule has 0 amide bonds. The van der Waals surface area contributed by atoms with Gasteiger partial charge in [0.05, 0.1) is 12.2 Å². The SMILES string of the molecule is CCOCC(C)(O)C1(CN)CCC(CC)C1. The molecule has 3 atom stereocenters. The van der Waals surface area contributed by atoms with Gasteiger partial charge in [0.15, 0.2) is 0 Å². The maximum atomic E-state index is 10.6. The Hall–Kier alpha value is -0.120. The van der Waals surface area contributed by atoms with E-state index in [1.54, 1.807) is 0 Å². The van der Waals surface area contributed by atoms with E-state index in [1.165, 1.54) is 12.8 Å². The lowest BCUT2D eigenvalue weighted by Gasteiger charge is -2.42. The van der Waals surface area contributed by atoms with Crippen molar-refractivity contribution in [2.24, 2.45) is 17.1 Å². The van der Waals surface area contributed by atoms with Gasteiger partial charge >= 0.3 is 0 Å². The van der Waals surface area contributed by atoms with E-state index < -0.39 is 5.60 Å². The van der Waals surface area contributed by atoms with E-state index in [0.717, 1.165) is 18.8 Å². The molecule has 1 rings (SSSR count). The van der Waals surface area contributed by atoms with E-state index in [0.29, 0.717) is 19.8 Å². The van der Waals surface area contributed by atoms with E-state index in [1.807, 2.05) is 13.8 Å². The molecule has 0 heterocycles. The van der Waals surface area contributed by atoms with Crippen LogP contribution >= 0.6 is 0 Å². The Morgan fingerprint density at radius 2 is 2.19 bits per heavy atom. The van der Waals surface area contributed by atoms with E-state index in [9.17, 15) is 5.11 Å². The standard InChI is InChI=1S/C13H27NO2/c1-4-11-6-7-13(8-11,9-14)12(3,15)10-16-5-2/h11,15H,4-10,14H2,1-3H3. The lowest BCUT2D eigenvalue weighted by atomic mass is 9.71. The number of nitrogens with two attached hydrogens (primary N) is 1. The van der Waals surface area contributed by atoms with E-state index in [2.05, 4.69) is 6.92 Å². The third-order valence-electron chi connectivity index (χ3n) is 4.41. The molecule has 0 saturated heterocycles. The van der Waals surface area contributed by atoms with Gasteiger partial charge in [-0.15, -0.1) is 0 Å². The predicted octanol–water partition coefficient (Wildman–Crippen LogP) is 1.93. The Morgan fingerprint density at radius 1 is 1.50 bits per heavy atom.